The van der Waals surface area contributed by atoms with Gasteiger partial charge in [-0.3, -0.25) is 9.69 Å². The number of thiophene rings is 1. The molecule has 0 spiro atoms. The molecule has 13 nitrogen and oxygen atoms in total. The van der Waals surface area contributed by atoms with Crippen molar-refractivity contribution in [1.82, 2.24) is 24.2 Å². The van der Waals surface area contributed by atoms with Crippen LogP contribution >= 0.6 is 11.3 Å². The van der Waals surface area contributed by atoms with Gasteiger partial charge in [0.15, 0.2) is 0 Å². The fraction of sp³-hybridized carbons (Fsp3) is 0.414. The summed E-state index contributed by atoms with van der Waals surface area (Å²) in [6.45, 7) is 6.57. The van der Waals surface area contributed by atoms with E-state index in [9.17, 15) is 13.2 Å². The average molecular weight is 640 g/mol. The molecule has 2 aliphatic heterocycles. The van der Waals surface area contributed by atoms with Crippen molar-refractivity contribution < 1.29 is 17.9 Å². The van der Waals surface area contributed by atoms with Crippen molar-refractivity contribution in [2.75, 3.05) is 68.2 Å². The summed E-state index contributed by atoms with van der Waals surface area (Å²) in [7, 11) is -1.49. The molecule has 4 aromatic rings. The highest BCUT2D eigenvalue weighted by atomic mass is 32.2. The first-order valence-electron chi connectivity index (χ1n) is 14.5. The van der Waals surface area contributed by atoms with Gasteiger partial charge >= 0.3 is 0 Å². The smallest absolute Gasteiger partial charge is 0.260 e. The zero-order valence-corrected chi connectivity index (χ0v) is 26.6. The van der Waals surface area contributed by atoms with Crippen LogP contribution in [0.2, 0.25) is 0 Å². The number of H-pyrrole nitrogens is 1. The first-order valence-corrected chi connectivity index (χ1v) is 17.2. The van der Waals surface area contributed by atoms with E-state index in [-0.39, 0.29) is 0 Å². The van der Waals surface area contributed by atoms with Gasteiger partial charge in [0.25, 0.3) is 5.91 Å². The van der Waals surface area contributed by atoms with Crippen LogP contribution in [-0.4, -0.2) is 97.2 Å². The third-order valence-corrected chi connectivity index (χ3v) is 10.6. The Kier molecular flexibility index (Phi) is 8.37. The number of piperidine rings is 1. The van der Waals surface area contributed by atoms with Gasteiger partial charge in [0.2, 0.25) is 16.0 Å². The number of nitrogens with zero attached hydrogens (tertiary/aromatic N) is 5. The lowest BCUT2D eigenvalue weighted by Gasteiger charge is -2.43. The van der Waals surface area contributed by atoms with Crippen molar-refractivity contribution in [3.63, 3.8) is 0 Å². The Hall–Kier alpha value is -3.92. The number of rotatable bonds is 9. The van der Waals surface area contributed by atoms with Crippen LogP contribution < -0.4 is 26.0 Å². The number of primary amides is 1. The zero-order valence-electron chi connectivity index (χ0n) is 25.0. The summed E-state index contributed by atoms with van der Waals surface area (Å²) >= 11 is 1.27. The summed E-state index contributed by atoms with van der Waals surface area (Å²) in [5, 5.41) is 9.15. The van der Waals surface area contributed by atoms with Crippen LogP contribution in [0.25, 0.3) is 11.0 Å². The number of carbonyl (C=O) groups is 1. The molecule has 3 aromatic heterocycles. The largest absolute Gasteiger partial charge is 0.494 e. The topological polar surface area (TPSA) is 162 Å². The minimum Gasteiger partial charge on any atom is -0.494 e. The summed E-state index contributed by atoms with van der Waals surface area (Å²) in [6.07, 6.45) is 5.11. The minimum absolute atomic E-state index is 0.362. The molecule has 44 heavy (non-hydrogen) atoms. The molecule has 5 heterocycles. The maximum atomic E-state index is 11.9. The molecule has 0 radical (unpaired) electrons. The average Bonchev–Trinajstić information content (AvgIpc) is 3.67. The highest BCUT2D eigenvalue weighted by molar-refractivity contribution is 7.88. The Morgan fingerprint density at radius 2 is 1.82 bits per heavy atom. The summed E-state index contributed by atoms with van der Waals surface area (Å²) in [4.78, 5) is 29.6. The predicted octanol–water partition coefficient (Wildman–Crippen LogP) is 3.47. The standard InChI is InChI=1S/C29H37N9O4S2/c1-18-16-22(33-29-34-27-20(4-8-31-27)28(35-29)32-21-7-15-43-25(21)26(30)39)24(42-2)17-23(18)37-9-5-19(6-10-37)36-11-13-38(14-12-36)44(3,40)41/h4,7-8,15-17,19H,5-6,9-14H2,1-3H3,(H2,30,39)(H3,31,32,33,34,35). The van der Waals surface area contributed by atoms with E-state index < -0.39 is 15.9 Å². The lowest BCUT2D eigenvalue weighted by molar-refractivity contribution is 0.100. The van der Waals surface area contributed by atoms with Crippen LogP contribution in [0.3, 0.4) is 0 Å². The molecule has 0 atom stereocenters. The number of amides is 1. The molecule has 6 rings (SSSR count). The van der Waals surface area contributed by atoms with Crippen molar-refractivity contribution in [2.24, 2.45) is 5.73 Å². The van der Waals surface area contributed by atoms with Gasteiger partial charge in [-0.1, -0.05) is 0 Å². The van der Waals surface area contributed by atoms with Gasteiger partial charge < -0.3 is 31.0 Å². The normalized spacial score (nSPS) is 17.2. The number of piperazine rings is 1. The molecule has 1 amide bonds. The van der Waals surface area contributed by atoms with Crippen LogP contribution in [0.4, 0.5) is 28.8 Å². The summed E-state index contributed by atoms with van der Waals surface area (Å²) < 4.78 is 31.2. The Bertz CT molecular complexity index is 1770. The molecule has 2 aliphatic rings. The van der Waals surface area contributed by atoms with E-state index in [1.54, 1.807) is 29.1 Å². The third-order valence-electron chi connectivity index (χ3n) is 8.39. The molecule has 0 bridgehead atoms. The summed E-state index contributed by atoms with van der Waals surface area (Å²) in [5.74, 6) is 1.06. The molecule has 0 saturated carbocycles. The first-order chi connectivity index (χ1) is 21.1. The SMILES string of the molecule is COc1cc(N2CCC(N3CCN(S(C)(=O)=O)CC3)CC2)c(C)cc1Nc1nc(Nc2ccsc2C(N)=O)c2cc[nH]c2n1. The Morgan fingerprint density at radius 3 is 2.50 bits per heavy atom. The Balaban J connectivity index is 1.17. The van der Waals surface area contributed by atoms with Gasteiger partial charge in [-0.2, -0.15) is 14.3 Å². The molecular weight excluding hydrogens is 603 g/mol. The van der Waals surface area contributed by atoms with Gasteiger partial charge in [0.1, 0.15) is 22.1 Å². The van der Waals surface area contributed by atoms with Crippen LogP contribution in [0, 0.1) is 6.92 Å². The van der Waals surface area contributed by atoms with Crippen LogP contribution in [0.15, 0.2) is 35.8 Å². The van der Waals surface area contributed by atoms with Gasteiger partial charge in [-0.15, -0.1) is 11.3 Å². The second kappa shape index (κ2) is 12.2. The second-order valence-corrected chi connectivity index (χ2v) is 14.1. The molecule has 0 aliphatic carbocycles. The predicted molar refractivity (Wildman–Crippen MR) is 174 cm³/mol. The molecule has 5 N–H and O–H groups in total. The quantitative estimate of drug-likeness (QED) is 0.213. The van der Waals surface area contributed by atoms with E-state index in [4.69, 9.17) is 15.5 Å². The van der Waals surface area contributed by atoms with Gasteiger partial charge in [-0.25, -0.2) is 8.42 Å². The van der Waals surface area contributed by atoms with Gasteiger partial charge in [0.05, 0.1) is 30.1 Å². The molecule has 15 heteroatoms. The van der Waals surface area contributed by atoms with Crippen molar-refractivity contribution in [1.29, 1.82) is 0 Å². The number of nitrogens with one attached hydrogen (secondary N) is 3. The van der Waals surface area contributed by atoms with Crippen molar-refractivity contribution in [2.45, 2.75) is 25.8 Å². The number of aromatic amines is 1. The number of hydrogen-bond acceptors (Lipinski definition) is 11. The fourth-order valence-corrected chi connectivity index (χ4v) is 7.62. The number of nitrogens with two attached hydrogens (primary N) is 1. The minimum atomic E-state index is -3.13. The zero-order chi connectivity index (χ0) is 31.0. The lowest BCUT2D eigenvalue weighted by Crippen LogP contribution is -2.54. The van der Waals surface area contributed by atoms with Crippen LogP contribution in [-0.2, 0) is 10.0 Å². The highest BCUT2D eigenvalue weighted by Gasteiger charge is 2.30. The molecule has 0 unspecified atom stereocenters. The number of carbonyl (C=O) groups excluding carboxylic acids is 1. The number of aromatic nitrogens is 3. The molecular formula is C29H37N9O4S2. The van der Waals surface area contributed by atoms with Crippen LogP contribution in [0.5, 0.6) is 5.75 Å². The number of aryl methyl sites for hydroxylation is 1. The van der Waals surface area contributed by atoms with Crippen molar-refractivity contribution >= 4 is 67.1 Å². The van der Waals surface area contributed by atoms with Crippen molar-refractivity contribution in [3.8, 4) is 5.75 Å². The van der Waals surface area contributed by atoms with E-state index in [1.165, 1.54) is 17.6 Å². The van der Waals surface area contributed by atoms with Crippen LogP contribution in [0.1, 0.15) is 28.1 Å². The number of ether oxygens (including phenoxy) is 1. The Morgan fingerprint density at radius 1 is 1.07 bits per heavy atom. The number of anilines is 5. The summed E-state index contributed by atoms with van der Waals surface area (Å²) in [5.41, 5.74) is 9.72. The van der Waals surface area contributed by atoms with Gasteiger partial charge in [-0.05, 0) is 48.9 Å². The monoisotopic (exact) mass is 639 g/mol. The third kappa shape index (κ3) is 6.18. The number of fused-ring (bicyclic) bond motifs is 1. The summed E-state index contributed by atoms with van der Waals surface area (Å²) in [6, 6.07) is 8.22. The fourth-order valence-electron chi connectivity index (χ4n) is 6.10. The van der Waals surface area contributed by atoms with E-state index in [0.717, 1.165) is 61.3 Å². The lowest BCUT2D eigenvalue weighted by atomic mass is 10.0. The second-order valence-electron chi connectivity index (χ2n) is 11.2. The van der Waals surface area contributed by atoms with Gasteiger partial charge in [0, 0.05) is 63.3 Å². The van der Waals surface area contributed by atoms with Crippen molar-refractivity contribution in [3.05, 3.63) is 46.3 Å². The van der Waals surface area contributed by atoms with E-state index in [1.807, 2.05) is 12.1 Å². The van der Waals surface area contributed by atoms with E-state index in [2.05, 4.69) is 43.4 Å². The first kappa shape index (κ1) is 30.1. The molecule has 2 saturated heterocycles. The van der Waals surface area contributed by atoms with E-state index in [0.29, 0.717) is 52.9 Å². The van der Waals surface area contributed by atoms with E-state index >= 15 is 0 Å². The number of sulfonamides is 1. The molecule has 234 valence electrons. The number of benzene rings is 1. The molecule has 2 fully saturated rings. The number of methoxy groups -OCH3 is 1. The highest BCUT2D eigenvalue weighted by Crippen LogP contribution is 2.37. The number of hydrogen-bond donors (Lipinski definition) is 4. The maximum Gasteiger partial charge on any atom is 0.260 e. The Labute approximate surface area is 260 Å². The maximum absolute atomic E-state index is 11.9. The molecule has 1 aromatic carbocycles.